The van der Waals surface area contributed by atoms with Crippen molar-refractivity contribution < 1.29 is 0 Å². The molecule has 2 N–H and O–H groups in total. The molecule has 1 aliphatic heterocycles. The van der Waals surface area contributed by atoms with Gasteiger partial charge < -0.3 is 5.32 Å². The number of anilines is 1. The highest BCUT2D eigenvalue weighted by molar-refractivity contribution is 6.31. The van der Waals surface area contributed by atoms with Crippen LogP contribution in [0.4, 0.5) is 5.82 Å². The zero-order valence-corrected chi connectivity index (χ0v) is 14.1. The second kappa shape index (κ2) is 5.86. The van der Waals surface area contributed by atoms with E-state index in [0.717, 1.165) is 5.56 Å². The van der Waals surface area contributed by atoms with E-state index >= 15 is 0 Å². The van der Waals surface area contributed by atoms with Gasteiger partial charge in [0, 0.05) is 17.6 Å². The summed E-state index contributed by atoms with van der Waals surface area (Å²) in [6.45, 7) is 7.06. The number of halogens is 1. The average Bonchev–Trinajstić information content (AvgIpc) is 2.51. The molecule has 1 aromatic heterocycles. The van der Waals surface area contributed by atoms with E-state index in [1.165, 1.54) is 4.57 Å². The quantitative estimate of drug-likeness (QED) is 0.882. The summed E-state index contributed by atoms with van der Waals surface area (Å²) in [5, 5.41) is 3.79. The lowest BCUT2D eigenvalue weighted by Crippen LogP contribution is -2.45. The average molecular weight is 335 g/mol. The minimum absolute atomic E-state index is 0.295. The maximum absolute atomic E-state index is 12.4. The molecular weight excluding hydrogens is 316 g/mol. The first-order valence-electron chi connectivity index (χ1n) is 7.51. The third-order valence-corrected chi connectivity index (χ3v) is 4.64. The molecule has 2 aromatic rings. The van der Waals surface area contributed by atoms with E-state index in [0.29, 0.717) is 41.3 Å². The largest absolute Gasteiger partial charge is 0.358 e. The van der Waals surface area contributed by atoms with Crippen molar-refractivity contribution in [1.82, 2.24) is 14.5 Å². The maximum atomic E-state index is 12.4. The molecule has 0 aliphatic carbocycles. The standard InChI is InChI=1S/C16H19ClN4O2/c1-9(2)20-7-11-14(18-8-20)21(16(23)19-15(11)22)13-6-4-5-12(17)10(13)3/h4-6,9,18H,7-8H2,1-3H3,(H,19,22,23). The molecular formula is C16H19ClN4O2. The molecule has 0 amide bonds. The molecule has 1 aliphatic rings. The molecule has 0 spiro atoms. The molecule has 2 heterocycles. The van der Waals surface area contributed by atoms with Crippen molar-refractivity contribution in [2.45, 2.75) is 33.4 Å². The van der Waals surface area contributed by atoms with Gasteiger partial charge in [0.15, 0.2) is 0 Å². The van der Waals surface area contributed by atoms with Gasteiger partial charge in [-0.2, -0.15) is 0 Å². The molecule has 0 radical (unpaired) electrons. The molecule has 3 rings (SSSR count). The summed E-state index contributed by atoms with van der Waals surface area (Å²) >= 11 is 6.18. The normalized spacial score (nSPS) is 14.7. The van der Waals surface area contributed by atoms with Crippen LogP contribution in [0.25, 0.3) is 5.69 Å². The predicted molar refractivity (Wildman–Crippen MR) is 91.6 cm³/mol. The lowest BCUT2D eigenvalue weighted by molar-refractivity contribution is 0.219. The molecule has 0 fully saturated rings. The molecule has 7 heteroatoms. The number of nitrogens with one attached hydrogen (secondary N) is 2. The van der Waals surface area contributed by atoms with Gasteiger partial charge in [0.05, 0.1) is 17.9 Å². The Morgan fingerprint density at radius 1 is 1.26 bits per heavy atom. The number of fused-ring (bicyclic) bond motifs is 1. The van der Waals surface area contributed by atoms with Gasteiger partial charge in [-0.3, -0.25) is 14.7 Å². The summed E-state index contributed by atoms with van der Waals surface area (Å²) in [4.78, 5) is 29.2. The minimum Gasteiger partial charge on any atom is -0.358 e. The number of aromatic amines is 1. The van der Waals surface area contributed by atoms with E-state index in [1.54, 1.807) is 12.1 Å². The second-order valence-electron chi connectivity index (χ2n) is 5.98. The fourth-order valence-electron chi connectivity index (χ4n) is 2.77. The first-order chi connectivity index (χ1) is 10.9. The number of hydrogen-bond donors (Lipinski definition) is 2. The van der Waals surface area contributed by atoms with Crippen LogP contribution >= 0.6 is 11.6 Å². The number of rotatable bonds is 2. The first kappa shape index (κ1) is 15.8. The Kier molecular flexibility index (Phi) is 4.04. The van der Waals surface area contributed by atoms with Crippen molar-refractivity contribution in [1.29, 1.82) is 0 Å². The van der Waals surface area contributed by atoms with Crippen molar-refractivity contribution in [3.05, 3.63) is 55.2 Å². The van der Waals surface area contributed by atoms with Gasteiger partial charge in [0.2, 0.25) is 0 Å². The first-order valence-corrected chi connectivity index (χ1v) is 7.89. The fourth-order valence-corrected chi connectivity index (χ4v) is 2.94. The van der Waals surface area contributed by atoms with Gasteiger partial charge in [0.25, 0.3) is 5.56 Å². The van der Waals surface area contributed by atoms with Crippen LogP contribution in [-0.2, 0) is 6.54 Å². The number of benzene rings is 1. The van der Waals surface area contributed by atoms with Crippen LogP contribution in [-0.4, -0.2) is 27.2 Å². The Morgan fingerprint density at radius 3 is 2.70 bits per heavy atom. The Bertz CT molecular complexity index is 869. The molecule has 122 valence electrons. The monoisotopic (exact) mass is 334 g/mol. The Morgan fingerprint density at radius 2 is 2.00 bits per heavy atom. The summed E-state index contributed by atoms with van der Waals surface area (Å²) in [5.41, 5.74) is 1.20. The van der Waals surface area contributed by atoms with Gasteiger partial charge in [0.1, 0.15) is 5.82 Å². The molecule has 0 saturated carbocycles. The van der Waals surface area contributed by atoms with Gasteiger partial charge >= 0.3 is 5.69 Å². The number of hydrogen-bond acceptors (Lipinski definition) is 4. The van der Waals surface area contributed by atoms with E-state index in [4.69, 9.17) is 11.6 Å². The van der Waals surface area contributed by atoms with Gasteiger partial charge in [-0.25, -0.2) is 9.36 Å². The summed E-state index contributed by atoms with van der Waals surface area (Å²) in [5.74, 6) is 0.543. The number of nitrogens with zero attached hydrogens (tertiary/aromatic N) is 2. The van der Waals surface area contributed by atoms with Crippen LogP contribution in [0.5, 0.6) is 0 Å². The highest BCUT2D eigenvalue weighted by atomic mass is 35.5. The van der Waals surface area contributed by atoms with Crippen LogP contribution in [0.15, 0.2) is 27.8 Å². The molecule has 0 bridgehead atoms. The predicted octanol–water partition coefficient (Wildman–Crippen LogP) is 2.08. The summed E-state index contributed by atoms with van der Waals surface area (Å²) in [7, 11) is 0. The number of aromatic nitrogens is 2. The van der Waals surface area contributed by atoms with Crippen LogP contribution < -0.4 is 16.6 Å². The SMILES string of the molecule is Cc1c(Cl)cccc1-n1c2c(c(=O)[nH]c1=O)CN(C(C)C)CN2. The smallest absolute Gasteiger partial charge is 0.334 e. The topological polar surface area (TPSA) is 70.1 Å². The Balaban J connectivity index is 2.24. The summed E-state index contributed by atoms with van der Waals surface area (Å²) < 4.78 is 1.50. The van der Waals surface area contributed by atoms with Crippen molar-refractivity contribution in [2.75, 3.05) is 12.0 Å². The number of H-pyrrole nitrogens is 1. The molecule has 0 unspecified atom stereocenters. The molecule has 23 heavy (non-hydrogen) atoms. The van der Waals surface area contributed by atoms with E-state index in [1.807, 2.05) is 13.0 Å². The Hall–Kier alpha value is -2.05. The van der Waals surface area contributed by atoms with Crippen LogP contribution in [0.2, 0.25) is 5.02 Å². The lowest BCUT2D eigenvalue weighted by atomic mass is 10.1. The van der Waals surface area contributed by atoms with Crippen LogP contribution in [0.1, 0.15) is 25.0 Å². The van der Waals surface area contributed by atoms with Crippen molar-refractivity contribution in [3.63, 3.8) is 0 Å². The highest BCUT2D eigenvalue weighted by Gasteiger charge is 2.25. The summed E-state index contributed by atoms with van der Waals surface area (Å²) in [6.07, 6.45) is 0. The fraction of sp³-hybridized carbons (Fsp3) is 0.375. The van der Waals surface area contributed by atoms with Crippen molar-refractivity contribution in [3.8, 4) is 5.69 Å². The van der Waals surface area contributed by atoms with Gasteiger partial charge in [-0.15, -0.1) is 0 Å². The van der Waals surface area contributed by atoms with Gasteiger partial charge in [-0.1, -0.05) is 17.7 Å². The Labute approximate surface area is 138 Å². The lowest BCUT2D eigenvalue weighted by Gasteiger charge is -2.33. The van der Waals surface area contributed by atoms with Crippen molar-refractivity contribution >= 4 is 17.4 Å². The maximum Gasteiger partial charge on any atom is 0.334 e. The van der Waals surface area contributed by atoms with E-state index < -0.39 is 5.69 Å². The molecule has 0 atom stereocenters. The molecule has 1 aromatic carbocycles. The zero-order valence-electron chi connectivity index (χ0n) is 13.3. The second-order valence-corrected chi connectivity index (χ2v) is 6.39. The van der Waals surface area contributed by atoms with Gasteiger partial charge in [-0.05, 0) is 38.5 Å². The third kappa shape index (κ3) is 2.68. The van der Waals surface area contributed by atoms with Crippen molar-refractivity contribution in [2.24, 2.45) is 0 Å². The zero-order chi connectivity index (χ0) is 16.7. The summed E-state index contributed by atoms with van der Waals surface area (Å²) in [6, 6.07) is 5.68. The third-order valence-electron chi connectivity index (χ3n) is 4.23. The minimum atomic E-state index is -0.468. The molecule has 0 saturated heterocycles. The highest BCUT2D eigenvalue weighted by Crippen LogP contribution is 2.26. The van der Waals surface area contributed by atoms with E-state index in [-0.39, 0.29) is 5.56 Å². The molecule has 6 nitrogen and oxygen atoms in total. The van der Waals surface area contributed by atoms with E-state index in [2.05, 4.69) is 29.0 Å². The van der Waals surface area contributed by atoms with E-state index in [9.17, 15) is 9.59 Å². The van der Waals surface area contributed by atoms with Crippen LogP contribution in [0, 0.1) is 6.92 Å². The van der Waals surface area contributed by atoms with Crippen LogP contribution in [0.3, 0.4) is 0 Å².